The van der Waals surface area contributed by atoms with Crippen LogP contribution in [-0.2, 0) is 15.2 Å². The van der Waals surface area contributed by atoms with Crippen molar-refractivity contribution in [2.45, 2.75) is 95.4 Å². The van der Waals surface area contributed by atoms with Gasteiger partial charge in [-0.3, -0.25) is 0 Å². The molecule has 0 spiro atoms. The van der Waals surface area contributed by atoms with Crippen LogP contribution in [0.2, 0.25) is 18.1 Å². The number of aryl methyl sites for hydroxylation is 1. The molecule has 0 saturated heterocycles. The molecular weight excluding hydrogens is 452 g/mol. The molecule has 0 heterocycles. The molecule has 0 radical (unpaired) electrons. The van der Waals surface area contributed by atoms with Gasteiger partial charge in [-0.15, -0.1) is 0 Å². The van der Waals surface area contributed by atoms with Gasteiger partial charge in [-0.2, -0.15) is 0 Å². The molecule has 0 saturated carbocycles. The normalized spacial score (nSPS) is 14.1. The van der Waals surface area contributed by atoms with E-state index < -0.39 is 19.1 Å². The van der Waals surface area contributed by atoms with Crippen molar-refractivity contribution in [1.82, 2.24) is 0 Å². The Labute approximate surface area is 212 Å². The van der Waals surface area contributed by atoms with Gasteiger partial charge in [0.1, 0.15) is 6.10 Å². The molecule has 34 heavy (non-hydrogen) atoms. The van der Waals surface area contributed by atoms with Crippen LogP contribution in [0.5, 0.6) is 0 Å². The molecule has 2 rings (SSSR count). The lowest BCUT2D eigenvalue weighted by Crippen LogP contribution is -2.40. The third-order valence-corrected chi connectivity index (χ3v) is 12.4. The van der Waals surface area contributed by atoms with E-state index >= 15 is 0 Å². The molecule has 0 bridgehead atoms. The van der Waals surface area contributed by atoms with Crippen molar-refractivity contribution in [1.29, 1.82) is 0 Å². The number of rotatable bonds is 16. The van der Waals surface area contributed by atoms with Gasteiger partial charge in [-0.1, -0.05) is 120 Å². The maximum absolute atomic E-state index is 13.9. The lowest BCUT2D eigenvalue weighted by molar-refractivity contribution is 0.229. The second-order valence-corrected chi connectivity index (χ2v) is 14.9. The second-order valence-electron chi connectivity index (χ2n) is 9.29. The van der Waals surface area contributed by atoms with E-state index in [0.717, 1.165) is 20.9 Å². The molecule has 2 atom stereocenters. The Morgan fingerprint density at radius 3 is 1.91 bits per heavy atom. The minimum Gasteiger partial charge on any atom is -0.405 e. The van der Waals surface area contributed by atoms with Gasteiger partial charge in [0.05, 0.1) is 15.7 Å². The summed E-state index contributed by atoms with van der Waals surface area (Å²) in [5.74, 6) is 0. The summed E-state index contributed by atoms with van der Waals surface area (Å²) in [6.07, 6.45) is 10.5. The molecule has 0 aromatic heterocycles. The number of hydrogen-bond acceptors (Lipinski definition) is 2. The highest BCUT2D eigenvalue weighted by atomic mass is 32.2. The Hall–Kier alpha value is -1.75. The summed E-state index contributed by atoms with van der Waals surface area (Å²) in [4.78, 5) is 1.61. The summed E-state index contributed by atoms with van der Waals surface area (Å²) >= 11 is 0. The summed E-state index contributed by atoms with van der Waals surface area (Å²) in [5.41, 5.74) is 2.24. The van der Waals surface area contributed by atoms with Crippen molar-refractivity contribution >= 4 is 19.1 Å². The van der Waals surface area contributed by atoms with Crippen LogP contribution in [0.15, 0.2) is 83.1 Å². The average molecular weight is 497 g/mol. The summed E-state index contributed by atoms with van der Waals surface area (Å²) < 4.78 is 21.3. The van der Waals surface area contributed by atoms with Gasteiger partial charge < -0.3 is 4.43 Å². The smallest absolute Gasteiger partial charge is 0.194 e. The van der Waals surface area contributed by atoms with E-state index in [4.69, 9.17) is 4.43 Å². The molecule has 1 unspecified atom stereocenters. The van der Waals surface area contributed by atoms with Crippen molar-refractivity contribution < 1.29 is 8.63 Å². The highest BCUT2D eigenvalue weighted by Gasteiger charge is 2.38. The maximum Gasteiger partial charge on any atom is 0.194 e. The fraction of sp³-hybridized carbons (Fsp3) is 0.467. The zero-order valence-electron chi connectivity index (χ0n) is 21.7. The lowest BCUT2D eigenvalue weighted by Gasteiger charge is -2.37. The van der Waals surface area contributed by atoms with Gasteiger partial charge >= 0.3 is 0 Å². The number of allylic oxidation sites excluding steroid dienone is 2. The Morgan fingerprint density at radius 1 is 0.912 bits per heavy atom. The highest BCUT2D eigenvalue weighted by Crippen LogP contribution is 2.39. The quantitative estimate of drug-likeness (QED) is 0.171. The Balaban J connectivity index is 2.57. The molecule has 2 aromatic rings. The minimum absolute atomic E-state index is 0.321. The molecule has 186 valence electrons. The van der Waals surface area contributed by atoms with Crippen LogP contribution in [0.25, 0.3) is 0 Å². The molecule has 0 amide bonds. The van der Waals surface area contributed by atoms with Crippen molar-refractivity contribution in [2.24, 2.45) is 0 Å². The highest BCUT2D eigenvalue weighted by molar-refractivity contribution is 7.89. The van der Waals surface area contributed by atoms with E-state index in [-0.39, 0.29) is 6.10 Å². The van der Waals surface area contributed by atoms with Gasteiger partial charge in [-0.05, 0) is 48.8 Å². The molecule has 0 fully saturated rings. The van der Waals surface area contributed by atoms with Crippen LogP contribution in [0, 0.1) is 6.92 Å². The van der Waals surface area contributed by atoms with Crippen molar-refractivity contribution in [2.75, 3.05) is 0 Å². The van der Waals surface area contributed by atoms with Crippen LogP contribution in [0.1, 0.15) is 76.5 Å². The average Bonchev–Trinajstić information content (AvgIpc) is 2.87. The summed E-state index contributed by atoms with van der Waals surface area (Å²) in [6.45, 7) is 12.8. The molecular formula is C30H44O2SSi. The van der Waals surface area contributed by atoms with E-state index in [2.05, 4.69) is 58.5 Å². The van der Waals surface area contributed by atoms with Crippen molar-refractivity contribution in [3.63, 3.8) is 0 Å². The molecule has 0 aliphatic carbocycles. The number of hydrogen-bond donors (Lipinski definition) is 0. The van der Waals surface area contributed by atoms with Gasteiger partial charge in [0, 0.05) is 4.90 Å². The second kappa shape index (κ2) is 15.3. The number of benzene rings is 2. The zero-order valence-corrected chi connectivity index (χ0v) is 23.5. The lowest BCUT2D eigenvalue weighted by atomic mass is 10.1. The summed E-state index contributed by atoms with van der Waals surface area (Å²) in [6, 6.07) is 21.9. The van der Waals surface area contributed by atoms with Gasteiger partial charge in [0.2, 0.25) is 0 Å². The summed E-state index contributed by atoms with van der Waals surface area (Å²) in [7, 11) is -3.39. The molecule has 0 aliphatic heterocycles. The van der Waals surface area contributed by atoms with Crippen LogP contribution >= 0.6 is 0 Å². The topological polar surface area (TPSA) is 26.3 Å². The van der Waals surface area contributed by atoms with Crippen LogP contribution in [0.4, 0.5) is 0 Å². The third-order valence-electron chi connectivity index (χ3n) is 6.42. The first-order chi connectivity index (χ1) is 16.5. The summed E-state index contributed by atoms with van der Waals surface area (Å²) in [5, 5.41) is 0. The van der Waals surface area contributed by atoms with Crippen molar-refractivity contribution in [3.05, 3.63) is 89.4 Å². The standard InChI is InChI=1S/C30H44O2SSi/c1-6-10-23-34(24-11-7-2,25-12-8-3)32-30(27-17-14-13-15-18-27)29(16-9-4)33(31)28-21-19-26(5)20-22-28/h9,13-22,30H,4,6-8,10-12,23-25H2,1-3,5H3/b29-16+/t30-,33?/m1/s1. The SMILES string of the molecule is C=C/C=C(\[C@H](O[Si](CCCC)(CCCC)CCCC)c1ccccc1)S(=O)c1ccc(C)cc1. The first kappa shape index (κ1) is 28.5. The van der Waals surface area contributed by atoms with E-state index in [9.17, 15) is 4.21 Å². The van der Waals surface area contributed by atoms with Crippen LogP contribution in [0.3, 0.4) is 0 Å². The van der Waals surface area contributed by atoms with Crippen molar-refractivity contribution in [3.8, 4) is 0 Å². The zero-order chi connectivity index (χ0) is 24.8. The van der Waals surface area contributed by atoms with E-state index in [1.54, 1.807) is 6.08 Å². The third kappa shape index (κ3) is 8.48. The number of unbranched alkanes of at least 4 members (excludes halogenated alkanes) is 3. The maximum atomic E-state index is 13.9. The van der Waals surface area contributed by atoms with Gasteiger partial charge in [0.15, 0.2) is 8.32 Å². The van der Waals surface area contributed by atoms with E-state index in [1.165, 1.54) is 56.7 Å². The predicted octanol–water partition coefficient (Wildman–Crippen LogP) is 9.28. The van der Waals surface area contributed by atoms with Crippen LogP contribution < -0.4 is 0 Å². The predicted molar refractivity (Wildman–Crippen MR) is 151 cm³/mol. The van der Waals surface area contributed by atoms with E-state index in [0.29, 0.717) is 0 Å². The molecule has 0 N–H and O–H groups in total. The van der Waals surface area contributed by atoms with Gasteiger partial charge in [0.25, 0.3) is 0 Å². The van der Waals surface area contributed by atoms with E-state index in [1.807, 2.05) is 36.4 Å². The molecule has 0 aliphatic rings. The monoisotopic (exact) mass is 496 g/mol. The Bertz CT molecular complexity index is 883. The first-order valence-corrected chi connectivity index (χ1v) is 16.7. The molecule has 2 aromatic carbocycles. The van der Waals surface area contributed by atoms with Crippen LogP contribution in [-0.4, -0.2) is 12.5 Å². The van der Waals surface area contributed by atoms with Gasteiger partial charge in [-0.25, -0.2) is 4.21 Å². The Morgan fingerprint density at radius 2 is 1.44 bits per heavy atom. The fourth-order valence-corrected chi connectivity index (χ4v) is 10.6. The molecule has 2 nitrogen and oxygen atoms in total. The Kier molecular flexibility index (Phi) is 12.8. The largest absolute Gasteiger partial charge is 0.405 e. The fourth-order valence-electron chi connectivity index (χ4n) is 4.38. The molecule has 4 heteroatoms. The first-order valence-electron chi connectivity index (χ1n) is 13.0. The minimum atomic E-state index is -2.06.